The molecule has 0 fully saturated rings. The maximum atomic E-state index is 5.45. The van der Waals surface area contributed by atoms with E-state index in [1.54, 1.807) is 7.11 Å². The molecule has 0 saturated heterocycles. The number of rotatable bonds is 9. The Morgan fingerprint density at radius 2 is 1.88 bits per heavy atom. The molecular formula is C13H30N2O. The summed E-state index contributed by atoms with van der Waals surface area (Å²) in [4.78, 5) is 2.24. The highest BCUT2D eigenvalue weighted by Gasteiger charge is 2.18. The van der Waals surface area contributed by atoms with Gasteiger partial charge >= 0.3 is 0 Å². The normalized spacial score (nSPS) is 14.4. The van der Waals surface area contributed by atoms with Gasteiger partial charge in [0.15, 0.2) is 0 Å². The lowest BCUT2D eigenvalue weighted by Gasteiger charge is -2.27. The first-order valence-corrected chi connectivity index (χ1v) is 6.34. The summed E-state index contributed by atoms with van der Waals surface area (Å²) in [6.07, 6.45) is 3.50. The van der Waals surface area contributed by atoms with Crippen LogP contribution in [0.15, 0.2) is 0 Å². The third-order valence-corrected chi connectivity index (χ3v) is 3.07. The van der Waals surface area contributed by atoms with Gasteiger partial charge in [-0.1, -0.05) is 6.92 Å². The first kappa shape index (κ1) is 15.9. The van der Waals surface area contributed by atoms with Crippen LogP contribution in [0.5, 0.6) is 0 Å². The number of hydrogen-bond acceptors (Lipinski definition) is 3. The molecule has 0 aliphatic rings. The van der Waals surface area contributed by atoms with Gasteiger partial charge in [-0.3, -0.25) is 0 Å². The molecule has 0 saturated carbocycles. The van der Waals surface area contributed by atoms with Crippen molar-refractivity contribution in [2.24, 2.45) is 0 Å². The van der Waals surface area contributed by atoms with Gasteiger partial charge in [0, 0.05) is 13.2 Å². The second kappa shape index (κ2) is 8.04. The van der Waals surface area contributed by atoms with Crippen LogP contribution in [0, 0.1) is 0 Å². The van der Waals surface area contributed by atoms with Crippen LogP contribution >= 0.6 is 0 Å². The summed E-state index contributed by atoms with van der Waals surface area (Å²) in [5.74, 6) is 0. The highest BCUT2D eigenvalue weighted by atomic mass is 16.5. The zero-order valence-electron chi connectivity index (χ0n) is 12.0. The molecule has 1 unspecified atom stereocenters. The van der Waals surface area contributed by atoms with Crippen molar-refractivity contribution in [3.63, 3.8) is 0 Å². The zero-order chi connectivity index (χ0) is 12.6. The van der Waals surface area contributed by atoms with Gasteiger partial charge in [0.1, 0.15) is 0 Å². The lowest BCUT2D eigenvalue weighted by molar-refractivity contribution is 0.0114. The lowest BCUT2D eigenvalue weighted by atomic mass is 9.97. The van der Waals surface area contributed by atoms with Crippen LogP contribution in [0.25, 0.3) is 0 Å². The van der Waals surface area contributed by atoms with E-state index < -0.39 is 0 Å². The van der Waals surface area contributed by atoms with E-state index in [9.17, 15) is 0 Å². The Morgan fingerprint density at radius 1 is 1.25 bits per heavy atom. The number of nitrogens with one attached hydrogen (secondary N) is 1. The summed E-state index contributed by atoms with van der Waals surface area (Å²) in [6, 6.07) is 0.613. The van der Waals surface area contributed by atoms with Crippen molar-refractivity contribution in [1.29, 1.82) is 0 Å². The zero-order valence-corrected chi connectivity index (χ0v) is 12.0. The van der Waals surface area contributed by atoms with E-state index in [2.05, 4.69) is 45.1 Å². The highest BCUT2D eigenvalue weighted by Crippen LogP contribution is 2.17. The summed E-state index contributed by atoms with van der Waals surface area (Å²) in [5, 5.41) is 3.55. The Morgan fingerprint density at radius 3 is 2.31 bits per heavy atom. The molecule has 16 heavy (non-hydrogen) atoms. The van der Waals surface area contributed by atoms with Crippen molar-refractivity contribution in [2.45, 2.75) is 51.7 Å². The van der Waals surface area contributed by atoms with Crippen molar-refractivity contribution in [2.75, 3.05) is 34.3 Å². The molecular weight excluding hydrogens is 200 g/mol. The minimum absolute atomic E-state index is 0.00574. The number of ether oxygens (including phenoxy) is 1. The van der Waals surface area contributed by atoms with Crippen LogP contribution in [-0.2, 0) is 4.74 Å². The van der Waals surface area contributed by atoms with Crippen LogP contribution in [0.4, 0.5) is 0 Å². The number of hydrogen-bond donors (Lipinski definition) is 1. The van der Waals surface area contributed by atoms with Crippen LogP contribution in [0.3, 0.4) is 0 Å². The topological polar surface area (TPSA) is 24.5 Å². The van der Waals surface area contributed by atoms with Gasteiger partial charge in [-0.25, -0.2) is 0 Å². The second-order valence-corrected chi connectivity index (χ2v) is 5.35. The van der Waals surface area contributed by atoms with E-state index in [-0.39, 0.29) is 5.60 Å². The van der Waals surface area contributed by atoms with E-state index in [0.717, 1.165) is 19.5 Å². The Balaban J connectivity index is 3.93. The molecule has 0 rings (SSSR count). The van der Waals surface area contributed by atoms with Gasteiger partial charge in [0.2, 0.25) is 0 Å². The standard InChI is InChI=1S/C13H30N2O/c1-7-14-12(9-11-15(4)5)8-10-13(2,3)16-6/h12,14H,7-11H2,1-6H3. The van der Waals surface area contributed by atoms with Crippen LogP contribution in [0.2, 0.25) is 0 Å². The molecule has 3 heteroatoms. The Hall–Kier alpha value is -0.120. The van der Waals surface area contributed by atoms with Crippen LogP contribution in [0.1, 0.15) is 40.0 Å². The molecule has 0 aliphatic heterocycles. The van der Waals surface area contributed by atoms with E-state index in [4.69, 9.17) is 4.74 Å². The largest absolute Gasteiger partial charge is 0.379 e. The summed E-state index contributed by atoms with van der Waals surface area (Å²) in [6.45, 7) is 8.67. The first-order chi connectivity index (χ1) is 7.41. The predicted octanol–water partition coefficient (Wildman–Crippen LogP) is 2.12. The molecule has 0 bridgehead atoms. The summed E-state index contributed by atoms with van der Waals surface area (Å²) in [7, 11) is 6.05. The van der Waals surface area contributed by atoms with Gasteiger partial charge in [-0.15, -0.1) is 0 Å². The fraction of sp³-hybridized carbons (Fsp3) is 1.00. The molecule has 0 spiro atoms. The lowest BCUT2D eigenvalue weighted by Crippen LogP contribution is -2.34. The Kier molecular flexibility index (Phi) is 7.98. The molecule has 1 atom stereocenters. The van der Waals surface area contributed by atoms with E-state index in [0.29, 0.717) is 6.04 Å². The van der Waals surface area contributed by atoms with Gasteiger partial charge < -0.3 is 15.0 Å². The van der Waals surface area contributed by atoms with E-state index in [1.807, 2.05) is 0 Å². The molecule has 1 N–H and O–H groups in total. The fourth-order valence-electron chi connectivity index (χ4n) is 1.68. The SMILES string of the molecule is CCNC(CCN(C)C)CCC(C)(C)OC. The van der Waals surface area contributed by atoms with Gasteiger partial charge in [0.05, 0.1) is 5.60 Å². The number of methoxy groups -OCH3 is 1. The van der Waals surface area contributed by atoms with Gasteiger partial charge in [-0.2, -0.15) is 0 Å². The summed E-state index contributed by atoms with van der Waals surface area (Å²) < 4.78 is 5.45. The maximum Gasteiger partial charge on any atom is 0.0623 e. The molecule has 3 nitrogen and oxygen atoms in total. The molecule has 0 amide bonds. The second-order valence-electron chi connectivity index (χ2n) is 5.35. The molecule has 0 aromatic rings. The van der Waals surface area contributed by atoms with Crippen molar-refractivity contribution < 1.29 is 4.74 Å². The molecule has 0 radical (unpaired) electrons. The molecule has 0 heterocycles. The van der Waals surface area contributed by atoms with Crippen molar-refractivity contribution in [3.8, 4) is 0 Å². The molecule has 98 valence electrons. The monoisotopic (exact) mass is 230 g/mol. The summed E-state index contributed by atoms with van der Waals surface area (Å²) >= 11 is 0. The third-order valence-electron chi connectivity index (χ3n) is 3.07. The average Bonchev–Trinajstić information content (AvgIpc) is 2.22. The molecule has 0 aromatic heterocycles. The molecule has 0 aromatic carbocycles. The van der Waals surface area contributed by atoms with E-state index >= 15 is 0 Å². The van der Waals surface area contributed by atoms with E-state index in [1.165, 1.54) is 12.8 Å². The van der Waals surface area contributed by atoms with Gasteiger partial charge in [-0.05, 0) is 60.3 Å². The molecule has 0 aliphatic carbocycles. The Labute approximate surface area is 102 Å². The smallest absolute Gasteiger partial charge is 0.0623 e. The van der Waals surface area contributed by atoms with Crippen molar-refractivity contribution in [1.82, 2.24) is 10.2 Å². The van der Waals surface area contributed by atoms with Crippen LogP contribution in [-0.4, -0.2) is 50.8 Å². The van der Waals surface area contributed by atoms with Crippen molar-refractivity contribution >= 4 is 0 Å². The van der Waals surface area contributed by atoms with Crippen molar-refractivity contribution in [3.05, 3.63) is 0 Å². The highest BCUT2D eigenvalue weighted by molar-refractivity contribution is 4.74. The maximum absolute atomic E-state index is 5.45. The quantitative estimate of drug-likeness (QED) is 0.656. The minimum atomic E-state index is 0.00574. The summed E-state index contributed by atoms with van der Waals surface area (Å²) in [5.41, 5.74) is 0.00574. The average molecular weight is 230 g/mol. The Bertz CT molecular complexity index is 169. The first-order valence-electron chi connectivity index (χ1n) is 6.34. The van der Waals surface area contributed by atoms with Gasteiger partial charge in [0.25, 0.3) is 0 Å². The number of nitrogens with zero attached hydrogens (tertiary/aromatic N) is 1. The predicted molar refractivity (Wildman–Crippen MR) is 71.0 cm³/mol. The van der Waals surface area contributed by atoms with Crippen LogP contribution < -0.4 is 5.32 Å². The fourth-order valence-corrected chi connectivity index (χ4v) is 1.68. The minimum Gasteiger partial charge on any atom is -0.379 e. The third kappa shape index (κ3) is 8.08.